The van der Waals surface area contributed by atoms with Crippen LogP contribution in [0.15, 0.2) is 35.4 Å². The number of carbonyl (C=O) groups excluding carboxylic acids is 1. The Balaban J connectivity index is 1.93. The van der Waals surface area contributed by atoms with E-state index in [9.17, 15) is 9.18 Å². The van der Waals surface area contributed by atoms with Crippen molar-refractivity contribution >= 4 is 29.5 Å². The summed E-state index contributed by atoms with van der Waals surface area (Å²) in [5.41, 5.74) is 1.65. The number of carbonyl (C=O) groups is 1. The second-order valence-electron chi connectivity index (χ2n) is 6.46. The third-order valence-corrected chi connectivity index (χ3v) is 4.93. The molecule has 0 radical (unpaired) electrons. The van der Waals surface area contributed by atoms with Gasteiger partial charge in [0, 0.05) is 23.3 Å². The van der Waals surface area contributed by atoms with Crippen molar-refractivity contribution in [2.24, 2.45) is 5.10 Å². The molecule has 0 fully saturated rings. The second-order valence-corrected chi connectivity index (χ2v) is 6.90. The molecule has 28 heavy (non-hydrogen) atoms. The number of fused-ring (bicyclic) bond motifs is 1. The van der Waals surface area contributed by atoms with Crippen LogP contribution in [0.1, 0.15) is 18.1 Å². The molecule has 0 aliphatic carbocycles. The Bertz CT molecular complexity index is 918. The fraction of sp³-hybridized carbons (Fsp3) is 0.300. The lowest BCUT2D eigenvalue weighted by Gasteiger charge is -2.28. The maximum absolute atomic E-state index is 14.9. The van der Waals surface area contributed by atoms with Gasteiger partial charge in [0.15, 0.2) is 17.3 Å². The van der Waals surface area contributed by atoms with Crippen LogP contribution in [-0.4, -0.2) is 44.6 Å². The van der Waals surface area contributed by atoms with Gasteiger partial charge in [0.25, 0.3) is 0 Å². The average Bonchev–Trinajstić information content (AvgIpc) is 2.85. The van der Waals surface area contributed by atoms with Gasteiger partial charge < -0.3 is 9.47 Å². The number of urea groups is 1. The summed E-state index contributed by atoms with van der Waals surface area (Å²) >= 11 is 5.91. The number of hydrogen-bond acceptors (Lipinski definition) is 4. The van der Waals surface area contributed by atoms with Gasteiger partial charge >= 0.3 is 6.03 Å². The lowest BCUT2D eigenvalue weighted by atomic mass is 10.00. The Morgan fingerprint density at radius 1 is 1.29 bits per heavy atom. The van der Waals surface area contributed by atoms with E-state index < -0.39 is 5.82 Å². The molecule has 0 saturated heterocycles. The molecule has 0 spiro atoms. The molecule has 8 heteroatoms. The van der Waals surface area contributed by atoms with Gasteiger partial charge in [-0.25, -0.2) is 14.2 Å². The van der Waals surface area contributed by atoms with Gasteiger partial charge in [-0.3, -0.25) is 4.90 Å². The first-order valence-corrected chi connectivity index (χ1v) is 9.05. The largest absolute Gasteiger partial charge is 0.493 e. The summed E-state index contributed by atoms with van der Waals surface area (Å²) in [5, 5.41) is 6.18. The molecule has 0 aromatic heterocycles. The number of nitrogens with zero attached hydrogens (tertiary/aromatic N) is 3. The predicted octanol–water partition coefficient (Wildman–Crippen LogP) is 4.33. The highest BCUT2D eigenvalue weighted by Gasteiger charge is 2.29. The first-order valence-electron chi connectivity index (χ1n) is 8.67. The normalized spacial score (nSPS) is 15.6. The van der Waals surface area contributed by atoms with Gasteiger partial charge in [0.1, 0.15) is 0 Å². The molecule has 1 aliphatic rings. The number of benzene rings is 2. The maximum atomic E-state index is 14.9. The van der Waals surface area contributed by atoms with E-state index >= 15 is 0 Å². The Labute approximate surface area is 168 Å². The third-order valence-electron chi connectivity index (χ3n) is 4.68. The van der Waals surface area contributed by atoms with Crippen LogP contribution < -0.4 is 14.4 Å². The fourth-order valence-electron chi connectivity index (χ4n) is 3.13. The van der Waals surface area contributed by atoms with E-state index in [4.69, 9.17) is 21.1 Å². The van der Waals surface area contributed by atoms with E-state index in [2.05, 4.69) is 5.10 Å². The topological polar surface area (TPSA) is 54.4 Å². The van der Waals surface area contributed by atoms with Crippen LogP contribution in [0.2, 0.25) is 5.02 Å². The van der Waals surface area contributed by atoms with E-state index in [0.29, 0.717) is 28.4 Å². The summed E-state index contributed by atoms with van der Waals surface area (Å²) in [4.78, 5) is 14.5. The quantitative estimate of drug-likeness (QED) is 0.763. The van der Waals surface area contributed by atoms with E-state index in [1.807, 2.05) is 6.92 Å². The molecule has 1 atom stereocenters. The lowest BCUT2D eigenvalue weighted by Crippen LogP contribution is -2.43. The highest BCUT2D eigenvalue weighted by Crippen LogP contribution is 2.35. The summed E-state index contributed by atoms with van der Waals surface area (Å²) in [7, 11) is 4.48. The Hall–Kier alpha value is -2.80. The zero-order valence-corrected chi connectivity index (χ0v) is 16.8. The minimum atomic E-state index is -0.562. The molecule has 6 nitrogen and oxygen atoms in total. The molecule has 0 N–H and O–H groups in total. The number of hydrazone groups is 1. The molecular weight excluding hydrogens is 385 g/mol. The average molecular weight is 406 g/mol. The number of anilines is 1. The maximum Gasteiger partial charge on any atom is 0.344 e. The van der Waals surface area contributed by atoms with E-state index in [1.54, 1.807) is 37.4 Å². The molecular formula is C20H21ClFN3O3. The van der Waals surface area contributed by atoms with Gasteiger partial charge in [-0.05, 0) is 49.2 Å². The van der Waals surface area contributed by atoms with E-state index in [-0.39, 0.29) is 23.4 Å². The van der Waals surface area contributed by atoms with Crippen molar-refractivity contribution in [1.29, 1.82) is 0 Å². The van der Waals surface area contributed by atoms with Gasteiger partial charge in [-0.15, -0.1) is 0 Å². The van der Waals surface area contributed by atoms with Crippen molar-refractivity contribution in [3.63, 3.8) is 0 Å². The SMILES string of the molecule is COc1cc2c(c(F)c1OC)C=NN(C(=O)N(C)c1ccc(Cl)cc1)[C@H](C)C2. The third kappa shape index (κ3) is 3.62. The molecule has 1 heterocycles. The van der Waals surface area contributed by atoms with Crippen molar-refractivity contribution in [2.75, 3.05) is 26.2 Å². The van der Waals surface area contributed by atoms with Crippen LogP contribution >= 0.6 is 11.6 Å². The lowest BCUT2D eigenvalue weighted by molar-refractivity contribution is 0.190. The van der Waals surface area contributed by atoms with E-state index in [0.717, 1.165) is 0 Å². The van der Waals surface area contributed by atoms with Crippen LogP contribution in [0.25, 0.3) is 0 Å². The Morgan fingerprint density at radius 3 is 2.57 bits per heavy atom. The first kappa shape index (κ1) is 19.9. The van der Waals surface area contributed by atoms with Crippen LogP contribution in [0.3, 0.4) is 0 Å². The minimum Gasteiger partial charge on any atom is -0.493 e. The zero-order chi connectivity index (χ0) is 20.4. The number of methoxy groups -OCH3 is 2. The molecule has 0 bridgehead atoms. The van der Waals surface area contributed by atoms with Gasteiger partial charge in [-0.1, -0.05) is 11.6 Å². The number of hydrogen-bond donors (Lipinski definition) is 0. The number of halogens is 2. The predicted molar refractivity (Wildman–Crippen MR) is 107 cm³/mol. The van der Waals surface area contributed by atoms with Crippen LogP contribution in [0.4, 0.5) is 14.9 Å². The van der Waals surface area contributed by atoms with Crippen LogP contribution in [0, 0.1) is 5.82 Å². The highest BCUT2D eigenvalue weighted by atomic mass is 35.5. The molecule has 0 unspecified atom stereocenters. The van der Waals surface area contributed by atoms with Crippen molar-refractivity contribution < 1.29 is 18.7 Å². The molecule has 2 amide bonds. The smallest absolute Gasteiger partial charge is 0.344 e. The molecule has 2 aromatic rings. The Kier molecular flexibility index (Phi) is 5.74. The highest BCUT2D eigenvalue weighted by molar-refractivity contribution is 6.30. The van der Waals surface area contributed by atoms with Crippen molar-refractivity contribution in [2.45, 2.75) is 19.4 Å². The van der Waals surface area contributed by atoms with Crippen molar-refractivity contribution in [1.82, 2.24) is 5.01 Å². The Morgan fingerprint density at radius 2 is 1.96 bits per heavy atom. The summed E-state index contributed by atoms with van der Waals surface area (Å²) in [6.07, 6.45) is 1.76. The van der Waals surface area contributed by atoms with Crippen LogP contribution in [0.5, 0.6) is 11.5 Å². The molecule has 148 valence electrons. The first-order chi connectivity index (χ1) is 13.4. The summed E-state index contributed by atoms with van der Waals surface area (Å²) in [5.74, 6) is -0.246. The molecule has 0 saturated carbocycles. The number of amides is 2. The van der Waals surface area contributed by atoms with E-state index in [1.165, 1.54) is 30.3 Å². The molecule has 3 rings (SSSR count). The molecule has 2 aromatic carbocycles. The van der Waals surface area contributed by atoms with Crippen molar-refractivity contribution in [3.8, 4) is 11.5 Å². The number of ether oxygens (including phenoxy) is 2. The van der Waals surface area contributed by atoms with Gasteiger partial charge in [0.05, 0.1) is 26.5 Å². The minimum absolute atomic E-state index is 0.0124. The second kappa shape index (κ2) is 8.06. The van der Waals surface area contributed by atoms with Crippen LogP contribution in [-0.2, 0) is 6.42 Å². The molecule has 1 aliphatic heterocycles. The van der Waals surface area contributed by atoms with Crippen molar-refractivity contribution in [3.05, 3.63) is 52.3 Å². The standard InChI is InChI=1S/C20H21ClFN3O3/c1-12-9-13-10-17(27-3)19(28-4)18(22)16(13)11-23-25(12)20(26)24(2)15-7-5-14(21)6-8-15/h5-8,10-12H,9H2,1-4H3/t12-/m1/s1. The summed E-state index contributed by atoms with van der Waals surface area (Å²) < 4.78 is 25.2. The summed E-state index contributed by atoms with van der Waals surface area (Å²) in [6.45, 7) is 1.86. The fourth-order valence-corrected chi connectivity index (χ4v) is 3.25. The zero-order valence-electron chi connectivity index (χ0n) is 16.1. The monoisotopic (exact) mass is 405 g/mol. The van der Waals surface area contributed by atoms with Gasteiger partial charge in [0.2, 0.25) is 0 Å². The number of rotatable bonds is 3. The summed E-state index contributed by atoms with van der Waals surface area (Å²) in [6, 6.07) is 8.00. The van der Waals surface area contributed by atoms with Gasteiger partial charge in [-0.2, -0.15) is 5.10 Å².